The Morgan fingerprint density at radius 3 is 2.95 bits per heavy atom. The molecule has 0 unspecified atom stereocenters. The molecular formula is C13H22N4O2. The zero-order chi connectivity index (χ0) is 14.3. The van der Waals surface area contributed by atoms with Gasteiger partial charge in [0.25, 0.3) is 5.56 Å². The summed E-state index contributed by atoms with van der Waals surface area (Å²) in [6.07, 6.45) is 1.68. The SMILES string of the molecule is C=C(CNC)Cn1ncc(N(C)CCOC)cc1=O. The molecule has 0 saturated heterocycles. The van der Waals surface area contributed by atoms with Crippen molar-refractivity contribution in [2.75, 3.05) is 45.8 Å². The number of likely N-dealkylation sites (N-methyl/N-ethyl adjacent to an activating group) is 2. The van der Waals surface area contributed by atoms with Crippen molar-refractivity contribution in [3.63, 3.8) is 0 Å². The second-order valence-electron chi connectivity index (χ2n) is 4.40. The van der Waals surface area contributed by atoms with Crippen molar-refractivity contribution in [2.24, 2.45) is 0 Å². The molecule has 1 aromatic rings. The predicted octanol–water partition coefficient (Wildman–Crippen LogP) is 0.102. The lowest BCUT2D eigenvalue weighted by atomic mass is 10.3. The fraction of sp³-hybridized carbons (Fsp3) is 0.538. The first-order valence-corrected chi connectivity index (χ1v) is 6.17. The summed E-state index contributed by atoms with van der Waals surface area (Å²) in [6.45, 7) is 6.32. The van der Waals surface area contributed by atoms with Crippen LogP contribution >= 0.6 is 0 Å². The maximum Gasteiger partial charge on any atom is 0.269 e. The molecule has 1 rings (SSSR count). The quantitative estimate of drug-likeness (QED) is 0.676. The van der Waals surface area contributed by atoms with Gasteiger partial charge in [-0.15, -0.1) is 0 Å². The van der Waals surface area contributed by atoms with Crippen molar-refractivity contribution < 1.29 is 4.74 Å². The number of rotatable bonds is 8. The van der Waals surface area contributed by atoms with E-state index in [1.54, 1.807) is 19.4 Å². The number of aromatic nitrogens is 2. The lowest BCUT2D eigenvalue weighted by molar-refractivity contribution is 0.206. The topological polar surface area (TPSA) is 59.4 Å². The first-order chi connectivity index (χ1) is 9.08. The van der Waals surface area contributed by atoms with Gasteiger partial charge in [-0.2, -0.15) is 5.10 Å². The van der Waals surface area contributed by atoms with Crippen LogP contribution in [0.1, 0.15) is 0 Å². The number of methoxy groups -OCH3 is 1. The molecule has 0 aliphatic heterocycles. The Labute approximate surface area is 113 Å². The summed E-state index contributed by atoms with van der Waals surface area (Å²) in [5.41, 5.74) is 1.58. The van der Waals surface area contributed by atoms with E-state index in [0.29, 0.717) is 26.2 Å². The maximum atomic E-state index is 11.9. The third kappa shape index (κ3) is 4.84. The average molecular weight is 266 g/mol. The third-order valence-electron chi connectivity index (χ3n) is 2.73. The Kier molecular flexibility index (Phi) is 6.24. The van der Waals surface area contributed by atoms with Crippen LogP contribution in [0.15, 0.2) is 29.2 Å². The Morgan fingerprint density at radius 2 is 2.37 bits per heavy atom. The molecule has 0 fully saturated rings. The Balaban J connectivity index is 2.74. The molecule has 1 aromatic heterocycles. The normalized spacial score (nSPS) is 10.5. The van der Waals surface area contributed by atoms with Crippen LogP contribution in [0.5, 0.6) is 0 Å². The van der Waals surface area contributed by atoms with E-state index < -0.39 is 0 Å². The van der Waals surface area contributed by atoms with E-state index in [-0.39, 0.29) is 5.56 Å². The summed E-state index contributed by atoms with van der Waals surface area (Å²) in [7, 11) is 5.40. The van der Waals surface area contributed by atoms with Crippen molar-refractivity contribution in [1.82, 2.24) is 15.1 Å². The van der Waals surface area contributed by atoms with Gasteiger partial charge in [-0.3, -0.25) is 4.79 Å². The van der Waals surface area contributed by atoms with Gasteiger partial charge in [0.1, 0.15) is 0 Å². The molecule has 106 valence electrons. The molecule has 19 heavy (non-hydrogen) atoms. The highest BCUT2D eigenvalue weighted by molar-refractivity contribution is 5.41. The van der Waals surface area contributed by atoms with Gasteiger partial charge in [0, 0.05) is 33.3 Å². The van der Waals surface area contributed by atoms with Crippen LogP contribution in [0.4, 0.5) is 5.69 Å². The minimum atomic E-state index is -0.126. The van der Waals surface area contributed by atoms with Gasteiger partial charge in [0.2, 0.25) is 0 Å². The van der Waals surface area contributed by atoms with E-state index in [4.69, 9.17) is 4.74 Å². The number of ether oxygens (including phenoxy) is 1. The number of nitrogens with zero attached hydrogens (tertiary/aromatic N) is 3. The van der Waals surface area contributed by atoms with Crippen molar-refractivity contribution in [3.8, 4) is 0 Å². The Morgan fingerprint density at radius 1 is 1.63 bits per heavy atom. The molecular weight excluding hydrogens is 244 g/mol. The summed E-state index contributed by atoms with van der Waals surface area (Å²) < 4.78 is 6.41. The predicted molar refractivity (Wildman–Crippen MR) is 76.7 cm³/mol. The molecule has 0 bridgehead atoms. The van der Waals surface area contributed by atoms with Gasteiger partial charge in [-0.25, -0.2) is 4.68 Å². The lowest BCUT2D eigenvalue weighted by Crippen LogP contribution is -2.28. The van der Waals surface area contributed by atoms with Gasteiger partial charge in [0.05, 0.1) is 25.0 Å². The van der Waals surface area contributed by atoms with E-state index >= 15 is 0 Å². The van der Waals surface area contributed by atoms with Gasteiger partial charge in [-0.1, -0.05) is 6.58 Å². The fourth-order valence-electron chi connectivity index (χ4n) is 1.63. The molecule has 0 radical (unpaired) electrons. The fourth-order valence-corrected chi connectivity index (χ4v) is 1.63. The smallest absolute Gasteiger partial charge is 0.269 e. The largest absolute Gasteiger partial charge is 0.383 e. The number of hydrogen-bond acceptors (Lipinski definition) is 5. The standard InChI is InChI=1S/C13H22N4O2/c1-11(8-14-2)10-17-13(18)7-12(9-15-17)16(3)5-6-19-4/h7,9,14H,1,5-6,8,10H2,2-4H3. The molecule has 0 spiro atoms. The van der Waals surface area contributed by atoms with Gasteiger partial charge in [0.15, 0.2) is 0 Å². The molecule has 0 aliphatic rings. The van der Waals surface area contributed by atoms with Gasteiger partial charge < -0.3 is 15.0 Å². The summed E-state index contributed by atoms with van der Waals surface area (Å²) in [5.74, 6) is 0. The highest BCUT2D eigenvalue weighted by Crippen LogP contribution is 2.06. The lowest BCUT2D eigenvalue weighted by Gasteiger charge is -2.18. The molecule has 6 heteroatoms. The van der Waals surface area contributed by atoms with Crippen molar-refractivity contribution in [2.45, 2.75) is 6.54 Å². The van der Waals surface area contributed by atoms with E-state index in [2.05, 4.69) is 17.0 Å². The molecule has 0 aliphatic carbocycles. The molecule has 0 saturated carbocycles. The van der Waals surface area contributed by atoms with Gasteiger partial charge >= 0.3 is 0 Å². The Hall–Kier alpha value is -1.66. The van der Waals surface area contributed by atoms with Crippen LogP contribution in [0.3, 0.4) is 0 Å². The van der Waals surface area contributed by atoms with Crippen LogP contribution in [-0.2, 0) is 11.3 Å². The summed E-state index contributed by atoms with van der Waals surface area (Å²) in [5, 5.41) is 7.16. The van der Waals surface area contributed by atoms with Crippen molar-refractivity contribution in [1.29, 1.82) is 0 Å². The second-order valence-corrected chi connectivity index (χ2v) is 4.40. The molecule has 0 amide bonds. The van der Waals surface area contributed by atoms with Crippen LogP contribution in [0, 0.1) is 0 Å². The minimum Gasteiger partial charge on any atom is -0.383 e. The van der Waals surface area contributed by atoms with Crippen LogP contribution < -0.4 is 15.8 Å². The third-order valence-corrected chi connectivity index (χ3v) is 2.73. The highest BCUT2D eigenvalue weighted by Gasteiger charge is 2.05. The first-order valence-electron chi connectivity index (χ1n) is 6.17. The molecule has 1 N–H and O–H groups in total. The highest BCUT2D eigenvalue weighted by atomic mass is 16.5. The van der Waals surface area contributed by atoms with E-state index in [0.717, 1.165) is 11.3 Å². The van der Waals surface area contributed by atoms with Crippen molar-refractivity contribution in [3.05, 3.63) is 34.8 Å². The zero-order valence-electron chi connectivity index (χ0n) is 11.8. The average Bonchev–Trinajstić information content (AvgIpc) is 2.38. The van der Waals surface area contributed by atoms with Gasteiger partial charge in [-0.05, 0) is 12.6 Å². The molecule has 0 aromatic carbocycles. The number of hydrogen-bond donors (Lipinski definition) is 1. The maximum absolute atomic E-state index is 11.9. The summed E-state index contributed by atoms with van der Waals surface area (Å²) in [4.78, 5) is 13.9. The van der Waals surface area contributed by atoms with Crippen LogP contribution in [-0.4, -0.2) is 50.7 Å². The van der Waals surface area contributed by atoms with Crippen molar-refractivity contribution >= 4 is 5.69 Å². The number of nitrogens with one attached hydrogen (secondary N) is 1. The second kappa shape index (κ2) is 7.70. The zero-order valence-corrected chi connectivity index (χ0v) is 11.8. The van der Waals surface area contributed by atoms with Crippen LogP contribution in [0.2, 0.25) is 0 Å². The molecule has 6 nitrogen and oxygen atoms in total. The summed E-state index contributed by atoms with van der Waals surface area (Å²) in [6, 6.07) is 1.58. The van der Waals surface area contributed by atoms with Crippen LogP contribution in [0.25, 0.3) is 0 Å². The summed E-state index contributed by atoms with van der Waals surface area (Å²) >= 11 is 0. The monoisotopic (exact) mass is 266 g/mol. The van der Waals surface area contributed by atoms with E-state index in [9.17, 15) is 4.79 Å². The van der Waals surface area contributed by atoms with E-state index in [1.807, 2.05) is 19.0 Å². The number of anilines is 1. The minimum absolute atomic E-state index is 0.126. The Bertz CT molecular complexity index is 470. The molecule has 0 atom stereocenters. The first kappa shape index (κ1) is 15.4. The molecule has 1 heterocycles. The van der Waals surface area contributed by atoms with E-state index in [1.165, 1.54) is 4.68 Å².